The van der Waals surface area contributed by atoms with Crippen LogP contribution in [0.25, 0.3) is 22.2 Å². The minimum Gasteiger partial charge on any atom is -0.497 e. The SMILES string of the molecule is COc1cccc(-c2cc(C(=O)NC(C)(C)C)c3cc(C)ccc3n2)c1. The molecule has 2 aromatic carbocycles. The van der Waals surface area contributed by atoms with Crippen molar-refractivity contribution in [2.24, 2.45) is 0 Å². The number of aryl methyl sites for hydroxylation is 1. The molecule has 3 aromatic rings. The van der Waals surface area contributed by atoms with Crippen molar-refractivity contribution in [1.82, 2.24) is 10.3 Å². The Morgan fingerprint density at radius 3 is 2.54 bits per heavy atom. The van der Waals surface area contributed by atoms with E-state index in [2.05, 4.69) is 5.32 Å². The van der Waals surface area contributed by atoms with E-state index in [4.69, 9.17) is 9.72 Å². The number of rotatable bonds is 3. The normalized spacial score (nSPS) is 11.4. The number of aromatic nitrogens is 1. The van der Waals surface area contributed by atoms with E-state index >= 15 is 0 Å². The van der Waals surface area contributed by atoms with Crippen molar-refractivity contribution in [3.05, 3.63) is 59.7 Å². The minimum absolute atomic E-state index is 0.0975. The van der Waals surface area contributed by atoms with Gasteiger partial charge in [0.15, 0.2) is 0 Å². The molecule has 0 saturated heterocycles. The van der Waals surface area contributed by atoms with Crippen LogP contribution in [-0.2, 0) is 0 Å². The molecule has 1 aromatic heterocycles. The zero-order valence-electron chi connectivity index (χ0n) is 15.9. The van der Waals surface area contributed by atoms with Gasteiger partial charge in [-0.2, -0.15) is 0 Å². The number of methoxy groups -OCH3 is 1. The molecule has 1 heterocycles. The van der Waals surface area contributed by atoms with Gasteiger partial charge in [-0.1, -0.05) is 23.8 Å². The Balaban J connectivity index is 2.20. The molecule has 4 heteroatoms. The van der Waals surface area contributed by atoms with E-state index in [-0.39, 0.29) is 11.4 Å². The first kappa shape index (κ1) is 17.9. The van der Waals surface area contributed by atoms with Crippen LogP contribution >= 0.6 is 0 Å². The van der Waals surface area contributed by atoms with Crippen LogP contribution in [0, 0.1) is 6.92 Å². The molecule has 0 spiro atoms. The first-order valence-electron chi connectivity index (χ1n) is 8.65. The lowest BCUT2D eigenvalue weighted by Gasteiger charge is -2.21. The highest BCUT2D eigenvalue weighted by atomic mass is 16.5. The summed E-state index contributed by atoms with van der Waals surface area (Å²) in [5, 5.41) is 3.92. The lowest BCUT2D eigenvalue weighted by Crippen LogP contribution is -2.40. The van der Waals surface area contributed by atoms with Gasteiger partial charge in [0.25, 0.3) is 5.91 Å². The molecule has 0 atom stereocenters. The maximum atomic E-state index is 12.9. The van der Waals surface area contributed by atoms with Crippen LogP contribution in [0.5, 0.6) is 5.75 Å². The highest BCUT2D eigenvalue weighted by molar-refractivity contribution is 6.07. The summed E-state index contributed by atoms with van der Waals surface area (Å²) < 4.78 is 5.32. The van der Waals surface area contributed by atoms with E-state index in [1.807, 2.05) is 76.2 Å². The molecule has 26 heavy (non-hydrogen) atoms. The number of carbonyl (C=O) groups excluding carboxylic acids is 1. The standard InChI is InChI=1S/C22H24N2O2/c1-14-9-10-19-17(11-14)18(21(25)24-22(2,3)4)13-20(23-19)15-7-6-8-16(12-15)26-5/h6-13H,1-5H3,(H,24,25). The number of amides is 1. The summed E-state index contributed by atoms with van der Waals surface area (Å²) in [7, 11) is 1.64. The average Bonchev–Trinajstić information content (AvgIpc) is 2.59. The van der Waals surface area contributed by atoms with Crippen molar-refractivity contribution in [3.8, 4) is 17.0 Å². The largest absolute Gasteiger partial charge is 0.497 e. The van der Waals surface area contributed by atoms with Crippen molar-refractivity contribution >= 4 is 16.8 Å². The third-order valence-corrected chi connectivity index (χ3v) is 4.06. The minimum atomic E-state index is -0.313. The summed E-state index contributed by atoms with van der Waals surface area (Å²) in [5.74, 6) is 0.661. The number of carbonyl (C=O) groups is 1. The van der Waals surface area contributed by atoms with Crippen molar-refractivity contribution in [2.75, 3.05) is 7.11 Å². The first-order valence-corrected chi connectivity index (χ1v) is 8.65. The number of hydrogen-bond donors (Lipinski definition) is 1. The van der Waals surface area contributed by atoms with Gasteiger partial charge in [0, 0.05) is 16.5 Å². The van der Waals surface area contributed by atoms with Crippen molar-refractivity contribution in [1.29, 1.82) is 0 Å². The molecule has 0 unspecified atom stereocenters. The molecule has 1 N–H and O–H groups in total. The predicted molar refractivity (Wildman–Crippen MR) is 106 cm³/mol. The van der Waals surface area contributed by atoms with Gasteiger partial charge in [0.2, 0.25) is 0 Å². The number of fused-ring (bicyclic) bond motifs is 1. The average molecular weight is 348 g/mol. The summed E-state index contributed by atoms with van der Waals surface area (Å²) in [6.45, 7) is 7.94. The molecular formula is C22H24N2O2. The molecule has 0 saturated carbocycles. The zero-order chi connectivity index (χ0) is 18.9. The van der Waals surface area contributed by atoms with Crippen LogP contribution in [0.1, 0.15) is 36.7 Å². The van der Waals surface area contributed by atoms with E-state index in [0.717, 1.165) is 33.5 Å². The Labute approximate surface area is 154 Å². The molecule has 0 aliphatic heterocycles. The van der Waals surface area contributed by atoms with E-state index in [1.54, 1.807) is 7.11 Å². The van der Waals surface area contributed by atoms with Gasteiger partial charge in [-0.05, 0) is 58.0 Å². The second-order valence-corrected chi connectivity index (χ2v) is 7.51. The predicted octanol–water partition coefficient (Wildman–Crippen LogP) is 4.75. The number of nitrogens with one attached hydrogen (secondary N) is 1. The molecule has 0 aliphatic rings. The fourth-order valence-electron chi connectivity index (χ4n) is 2.87. The van der Waals surface area contributed by atoms with Crippen molar-refractivity contribution in [3.63, 3.8) is 0 Å². The van der Waals surface area contributed by atoms with Crippen LogP contribution in [-0.4, -0.2) is 23.5 Å². The summed E-state index contributed by atoms with van der Waals surface area (Å²) in [5.41, 5.74) is 3.88. The van der Waals surface area contributed by atoms with Gasteiger partial charge in [-0.15, -0.1) is 0 Å². The molecule has 3 rings (SSSR count). The second kappa shape index (κ2) is 6.79. The topological polar surface area (TPSA) is 51.2 Å². The van der Waals surface area contributed by atoms with Gasteiger partial charge in [0.1, 0.15) is 5.75 Å². The maximum Gasteiger partial charge on any atom is 0.252 e. The fourth-order valence-corrected chi connectivity index (χ4v) is 2.87. The quantitative estimate of drug-likeness (QED) is 0.743. The summed E-state index contributed by atoms with van der Waals surface area (Å²) >= 11 is 0. The molecule has 0 bridgehead atoms. The summed E-state index contributed by atoms with van der Waals surface area (Å²) in [6, 6.07) is 15.5. The number of pyridine rings is 1. The number of nitrogens with zero attached hydrogens (tertiary/aromatic N) is 1. The lowest BCUT2D eigenvalue weighted by molar-refractivity contribution is 0.0921. The number of benzene rings is 2. The van der Waals surface area contributed by atoms with Gasteiger partial charge < -0.3 is 10.1 Å². The monoisotopic (exact) mass is 348 g/mol. The Hall–Kier alpha value is -2.88. The van der Waals surface area contributed by atoms with E-state index in [1.165, 1.54) is 0 Å². The van der Waals surface area contributed by atoms with Crippen molar-refractivity contribution in [2.45, 2.75) is 33.2 Å². The smallest absolute Gasteiger partial charge is 0.252 e. The molecular weight excluding hydrogens is 324 g/mol. The van der Waals surface area contributed by atoms with Crippen LogP contribution in [0.2, 0.25) is 0 Å². The van der Waals surface area contributed by atoms with E-state index in [9.17, 15) is 4.79 Å². The Kier molecular flexibility index (Phi) is 4.68. The van der Waals surface area contributed by atoms with Crippen LogP contribution < -0.4 is 10.1 Å². The molecule has 0 radical (unpaired) electrons. The highest BCUT2D eigenvalue weighted by Crippen LogP contribution is 2.28. The Morgan fingerprint density at radius 1 is 1.08 bits per heavy atom. The lowest BCUT2D eigenvalue weighted by atomic mass is 10.0. The summed E-state index contributed by atoms with van der Waals surface area (Å²) in [6.07, 6.45) is 0. The van der Waals surface area contributed by atoms with Crippen LogP contribution in [0.15, 0.2) is 48.5 Å². The van der Waals surface area contributed by atoms with E-state index in [0.29, 0.717) is 5.56 Å². The molecule has 0 fully saturated rings. The van der Waals surface area contributed by atoms with Gasteiger partial charge in [0.05, 0.1) is 23.9 Å². The Bertz CT molecular complexity index is 972. The molecule has 134 valence electrons. The molecule has 0 aliphatic carbocycles. The fraction of sp³-hybridized carbons (Fsp3) is 0.273. The number of hydrogen-bond acceptors (Lipinski definition) is 3. The molecule has 1 amide bonds. The van der Waals surface area contributed by atoms with Crippen molar-refractivity contribution < 1.29 is 9.53 Å². The third-order valence-electron chi connectivity index (χ3n) is 4.06. The highest BCUT2D eigenvalue weighted by Gasteiger charge is 2.19. The van der Waals surface area contributed by atoms with E-state index < -0.39 is 0 Å². The maximum absolute atomic E-state index is 12.9. The zero-order valence-corrected chi connectivity index (χ0v) is 15.9. The van der Waals surface area contributed by atoms with Crippen LogP contribution in [0.3, 0.4) is 0 Å². The third kappa shape index (κ3) is 3.85. The second-order valence-electron chi connectivity index (χ2n) is 7.51. The Morgan fingerprint density at radius 2 is 1.85 bits per heavy atom. The summed E-state index contributed by atoms with van der Waals surface area (Å²) in [4.78, 5) is 17.7. The van der Waals surface area contributed by atoms with Gasteiger partial charge >= 0.3 is 0 Å². The van der Waals surface area contributed by atoms with Gasteiger partial charge in [-0.3, -0.25) is 4.79 Å². The van der Waals surface area contributed by atoms with Gasteiger partial charge in [-0.25, -0.2) is 4.98 Å². The van der Waals surface area contributed by atoms with Crippen LogP contribution in [0.4, 0.5) is 0 Å². The first-order chi connectivity index (χ1) is 12.3. The number of ether oxygens (including phenoxy) is 1. The molecule has 4 nitrogen and oxygen atoms in total.